The van der Waals surface area contributed by atoms with E-state index in [4.69, 9.17) is 5.84 Å². The van der Waals surface area contributed by atoms with Crippen LogP contribution in [0.2, 0.25) is 0 Å². The highest BCUT2D eigenvalue weighted by Gasteiger charge is 2.01. The van der Waals surface area contributed by atoms with Crippen molar-refractivity contribution >= 4 is 11.6 Å². The summed E-state index contributed by atoms with van der Waals surface area (Å²) in [5.41, 5.74) is 3.40. The molecule has 0 radical (unpaired) electrons. The Hall–Kier alpha value is -2.28. The highest BCUT2D eigenvalue weighted by Crippen LogP contribution is 2.10. The highest BCUT2D eigenvalue weighted by molar-refractivity contribution is 5.46. The Labute approximate surface area is 105 Å². The lowest BCUT2D eigenvalue weighted by atomic mass is 10.4. The van der Waals surface area contributed by atoms with Crippen LogP contribution in [0.25, 0.3) is 0 Å². The van der Waals surface area contributed by atoms with Crippen molar-refractivity contribution in [2.75, 3.05) is 10.7 Å². The second-order valence-corrected chi connectivity index (χ2v) is 3.78. The van der Waals surface area contributed by atoms with Crippen molar-refractivity contribution in [3.8, 4) is 0 Å². The first kappa shape index (κ1) is 12.2. The molecule has 2 heterocycles. The van der Waals surface area contributed by atoms with Crippen LogP contribution < -0.4 is 16.6 Å². The van der Waals surface area contributed by atoms with E-state index in [1.165, 1.54) is 0 Å². The third kappa shape index (κ3) is 3.11. The molecule has 2 rings (SSSR count). The molecule has 4 N–H and O–H groups in total. The standard InChI is InChI=1S/C11H15N7/c1-7-13-4-3-9(15-7)6-14-10-5-11(18-12)17-8(2)16-10/h3-5H,6,12H2,1-2H3,(H2,14,16,17,18). The molecule has 0 spiro atoms. The van der Waals surface area contributed by atoms with Crippen LogP contribution in [0.15, 0.2) is 18.3 Å². The molecule has 0 saturated carbocycles. The van der Waals surface area contributed by atoms with Crippen molar-refractivity contribution in [1.29, 1.82) is 0 Å². The molecular formula is C11H15N7. The number of anilines is 2. The van der Waals surface area contributed by atoms with E-state index in [-0.39, 0.29) is 0 Å². The van der Waals surface area contributed by atoms with Crippen molar-refractivity contribution < 1.29 is 0 Å². The number of hydrogen-bond donors (Lipinski definition) is 3. The van der Waals surface area contributed by atoms with Gasteiger partial charge in [-0.1, -0.05) is 0 Å². The van der Waals surface area contributed by atoms with Crippen molar-refractivity contribution in [1.82, 2.24) is 19.9 Å². The maximum absolute atomic E-state index is 5.33. The largest absolute Gasteiger partial charge is 0.364 e. The fourth-order valence-corrected chi connectivity index (χ4v) is 1.52. The van der Waals surface area contributed by atoms with Gasteiger partial charge in [-0.15, -0.1) is 0 Å². The van der Waals surface area contributed by atoms with Crippen LogP contribution in [-0.4, -0.2) is 19.9 Å². The SMILES string of the molecule is Cc1nccc(CNc2cc(NN)nc(C)n2)n1. The lowest BCUT2D eigenvalue weighted by Gasteiger charge is -2.08. The molecule has 7 nitrogen and oxygen atoms in total. The monoisotopic (exact) mass is 245 g/mol. The predicted octanol–water partition coefficient (Wildman–Crippen LogP) is 0.781. The molecule has 0 bridgehead atoms. The molecule has 2 aromatic rings. The zero-order valence-corrected chi connectivity index (χ0v) is 10.3. The number of hydrazine groups is 1. The number of nitrogen functional groups attached to an aromatic ring is 1. The number of aromatic nitrogens is 4. The van der Waals surface area contributed by atoms with Gasteiger partial charge in [-0.3, -0.25) is 0 Å². The van der Waals surface area contributed by atoms with E-state index in [0.717, 1.165) is 11.5 Å². The maximum atomic E-state index is 5.33. The summed E-state index contributed by atoms with van der Waals surface area (Å²) in [4.78, 5) is 16.7. The first-order valence-corrected chi connectivity index (χ1v) is 5.52. The third-order valence-corrected chi connectivity index (χ3v) is 2.27. The van der Waals surface area contributed by atoms with Gasteiger partial charge in [0.2, 0.25) is 0 Å². The summed E-state index contributed by atoms with van der Waals surface area (Å²) in [5.74, 6) is 7.99. The second kappa shape index (κ2) is 5.37. The molecule has 0 saturated heterocycles. The Balaban J connectivity index is 2.08. The molecule has 0 aliphatic rings. The fourth-order valence-electron chi connectivity index (χ4n) is 1.52. The van der Waals surface area contributed by atoms with Crippen LogP contribution in [0.4, 0.5) is 11.6 Å². The van der Waals surface area contributed by atoms with Gasteiger partial charge in [0.25, 0.3) is 0 Å². The number of aryl methyl sites for hydroxylation is 2. The van der Waals surface area contributed by atoms with Crippen molar-refractivity contribution in [3.63, 3.8) is 0 Å². The lowest BCUT2D eigenvalue weighted by Crippen LogP contribution is -2.11. The van der Waals surface area contributed by atoms with E-state index in [0.29, 0.717) is 24.0 Å². The second-order valence-electron chi connectivity index (χ2n) is 3.78. The molecule has 0 aliphatic heterocycles. The van der Waals surface area contributed by atoms with E-state index < -0.39 is 0 Å². The van der Waals surface area contributed by atoms with Crippen LogP contribution in [0.3, 0.4) is 0 Å². The van der Waals surface area contributed by atoms with E-state index in [9.17, 15) is 0 Å². The Morgan fingerprint density at radius 2 is 1.89 bits per heavy atom. The minimum atomic E-state index is 0.573. The Bertz CT molecular complexity index is 541. The molecule has 0 unspecified atom stereocenters. The summed E-state index contributed by atoms with van der Waals surface area (Å²) in [6, 6.07) is 3.59. The van der Waals surface area contributed by atoms with Gasteiger partial charge in [0.1, 0.15) is 23.3 Å². The molecule has 0 fully saturated rings. The maximum Gasteiger partial charge on any atom is 0.145 e. The molecule has 18 heavy (non-hydrogen) atoms. The van der Waals surface area contributed by atoms with Crippen LogP contribution in [0.1, 0.15) is 17.3 Å². The Morgan fingerprint density at radius 3 is 2.61 bits per heavy atom. The van der Waals surface area contributed by atoms with Gasteiger partial charge >= 0.3 is 0 Å². The summed E-state index contributed by atoms with van der Waals surface area (Å²) in [6.45, 7) is 4.24. The Morgan fingerprint density at radius 1 is 1.11 bits per heavy atom. The van der Waals surface area contributed by atoms with Gasteiger partial charge in [0.15, 0.2) is 0 Å². The summed E-state index contributed by atoms with van der Waals surface area (Å²) in [6.07, 6.45) is 1.73. The van der Waals surface area contributed by atoms with Crippen molar-refractivity contribution in [3.05, 3.63) is 35.7 Å². The zero-order chi connectivity index (χ0) is 13.0. The first-order chi connectivity index (χ1) is 8.67. The molecule has 94 valence electrons. The Kier molecular flexibility index (Phi) is 3.63. The van der Waals surface area contributed by atoms with E-state index >= 15 is 0 Å². The summed E-state index contributed by atoms with van der Waals surface area (Å²) in [5, 5.41) is 3.17. The van der Waals surface area contributed by atoms with Gasteiger partial charge in [0, 0.05) is 12.3 Å². The molecule has 0 atom stereocenters. The van der Waals surface area contributed by atoms with Crippen LogP contribution in [0, 0.1) is 13.8 Å². The fraction of sp³-hybridized carbons (Fsp3) is 0.273. The van der Waals surface area contributed by atoms with Crippen molar-refractivity contribution in [2.45, 2.75) is 20.4 Å². The van der Waals surface area contributed by atoms with E-state index in [2.05, 4.69) is 30.7 Å². The van der Waals surface area contributed by atoms with E-state index in [1.807, 2.05) is 13.0 Å². The van der Waals surface area contributed by atoms with Gasteiger partial charge in [-0.2, -0.15) is 0 Å². The average molecular weight is 245 g/mol. The number of nitrogens with zero attached hydrogens (tertiary/aromatic N) is 4. The normalized spacial score (nSPS) is 10.2. The number of rotatable bonds is 4. The minimum Gasteiger partial charge on any atom is -0.364 e. The number of hydrogen-bond acceptors (Lipinski definition) is 7. The molecule has 0 aliphatic carbocycles. The molecule has 7 heteroatoms. The topological polar surface area (TPSA) is 102 Å². The average Bonchev–Trinajstić information content (AvgIpc) is 2.36. The molecule has 2 aromatic heterocycles. The summed E-state index contributed by atoms with van der Waals surface area (Å²) < 4.78 is 0. The van der Waals surface area contributed by atoms with Gasteiger partial charge in [-0.25, -0.2) is 25.8 Å². The molecular weight excluding hydrogens is 230 g/mol. The van der Waals surface area contributed by atoms with Gasteiger partial charge in [0.05, 0.1) is 12.2 Å². The first-order valence-electron chi connectivity index (χ1n) is 5.52. The van der Waals surface area contributed by atoms with Gasteiger partial charge < -0.3 is 10.7 Å². The highest BCUT2D eigenvalue weighted by atomic mass is 15.3. The third-order valence-electron chi connectivity index (χ3n) is 2.27. The lowest BCUT2D eigenvalue weighted by molar-refractivity contribution is 0.942. The number of nitrogens with one attached hydrogen (secondary N) is 2. The predicted molar refractivity (Wildman–Crippen MR) is 68.7 cm³/mol. The smallest absolute Gasteiger partial charge is 0.145 e. The number of nitrogens with two attached hydrogens (primary N) is 1. The van der Waals surface area contributed by atoms with Crippen molar-refractivity contribution in [2.24, 2.45) is 5.84 Å². The minimum absolute atomic E-state index is 0.573. The molecule has 0 aromatic carbocycles. The van der Waals surface area contributed by atoms with Gasteiger partial charge in [-0.05, 0) is 19.9 Å². The quantitative estimate of drug-likeness (QED) is 0.540. The van der Waals surface area contributed by atoms with Crippen LogP contribution >= 0.6 is 0 Å². The summed E-state index contributed by atoms with van der Waals surface area (Å²) in [7, 11) is 0. The van der Waals surface area contributed by atoms with Crippen LogP contribution in [-0.2, 0) is 6.54 Å². The van der Waals surface area contributed by atoms with E-state index in [1.54, 1.807) is 19.2 Å². The molecule has 0 amide bonds. The zero-order valence-electron chi connectivity index (χ0n) is 10.3. The van der Waals surface area contributed by atoms with Crippen LogP contribution in [0.5, 0.6) is 0 Å². The summed E-state index contributed by atoms with van der Waals surface area (Å²) >= 11 is 0.